The minimum absolute atomic E-state index is 0.670. The predicted octanol–water partition coefficient (Wildman–Crippen LogP) is 3.12. The number of hydrogen-bond acceptors (Lipinski definition) is 5. The molecule has 1 aromatic heterocycles. The van der Waals surface area contributed by atoms with Gasteiger partial charge < -0.3 is 10.1 Å². The number of nitrogens with one attached hydrogen (secondary N) is 1. The first-order valence-corrected chi connectivity index (χ1v) is 7.35. The van der Waals surface area contributed by atoms with E-state index in [1.54, 1.807) is 24.5 Å². The lowest BCUT2D eigenvalue weighted by Gasteiger charge is -2.05. The molecular weight excluding hydrogens is 282 g/mol. The van der Waals surface area contributed by atoms with Crippen LogP contribution in [-0.4, -0.2) is 23.3 Å². The second-order valence-corrected chi connectivity index (χ2v) is 6.00. The third kappa shape index (κ3) is 3.05. The second kappa shape index (κ2) is 5.45. The molecule has 0 spiro atoms. The minimum Gasteiger partial charge on any atom is -0.496 e. The van der Waals surface area contributed by atoms with Crippen molar-refractivity contribution >= 4 is 22.9 Å². The van der Waals surface area contributed by atoms with Gasteiger partial charge in [-0.15, -0.1) is 10.2 Å². The maximum Gasteiger partial charge on any atom is 0.151 e. The van der Waals surface area contributed by atoms with Gasteiger partial charge in [-0.3, -0.25) is 0 Å². The zero-order valence-electron chi connectivity index (χ0n) is 10.5. The molecular formula is C13H14ClN3OS. The Morgan fingerprint density at radius 3 is 3.00 bits per heavy atom. The summed E-state index contributed by atoms with van der Waals surface area (Å²) in [5.74, 6) is 0.766. The van der Waals surface area contributed by atoms with Crippen molar-refractivity contribution in [1.29, 1.82) is 0 Å². The first-order chi connectivity index (χ1) is 9.26. The molecule has 1 aliphatic carbocycles. The molecule has 1 heterocycles. The number of aromatic nitrogens is 2. The van der Waals surface area contributed by atoms with E-state index in [1.165, 1.54) is 12.8 Å². The van der Waals surface area contributed by atoms with Crippen molar-refractivity contribution in [1.82, 2.24) is 15.5 Å². The van der Waals surface area contributed by atoms with Gasteiger partial charge in [-0.25, -0.2) is 0 Å². The van der Waals surface area contributed by atoms with E-state index in [2.05, 4.69) is 15.5 Å². The van der Waals surface area contributed by atoms with Gasteiger partial charge in [-0.1, -0.05) is 22.9 Å². The van der Waals surface area contributed by atoms with Crippen molar-refractivity contribution in [3.8, 4) is 16.3 Å². The van der Waals surface area contributed by atoms with Crippen LogP contribution in [0.15, 0.2) is 18.2 Å². The standard InChI is InChI=1S/C13H14ClN3OS/c1-18-11-5-2-8(14)6-10(11)13-17-16-12(19-13)7-15-9-3-4-9/h2,5-6,9,15H,3-4,7H2,1H3. The molecule has 4 nitrogen and oxygen atoms in total. The summed E-state index contributed by atoms with van der Waals surface area (Å²) in [7, 11) is 1.64. The molecule has 2 aromatic rings. The third-order valence-electron chi connectivity index (χ3n) is 2.98. The van der Waals surface area contributed by atoms with Crippen LogP contribution < -0.4 is 10.1 Å². The first kappa shape index (κ1) is 12.8. The van der Waals surface area contributed by atoms with Crippen molar-refractivity contribution in [3.63, 3.8) is 0 Å². The van der Waals surface area contributed by atoms with E-state index < -0.39 is 0 Å². The lowest BCUT2D eigenvalue weighted by atomic mass is 10.2. The topological polar surface area (TPSA) is 47.0 Å². The van der Waals surface area contributed by atoms with Gasteiger partial charge in [-0.2, -0.15) is 0 Å². The van der Waals surface area contributed by atoms with E-state index in [0.717, 1.165) is 27.9 Å². The largest absolute Gasteiger partial charge is 0.496 e. The van der Waals surface area contributed by atoms with Crippen molar-refractivity contribution < 1.29 is 4.74 Å². The number of benzene rings is 1. The number of ether oxygens (including phenoxy) is 1. The van der Waals surface area contributed by atoms with Gasteiger partial charge in [-0.05, 0) is 31.0 Å². The first-order valence-electron chi connectivity index (χ1n) is 6.16. The molecule has 6 heteroatoms. The Balaban J connectivity index is 1.82. The fraction of sp³-hybridized carbons (Fsp3) is 0.385. The molecule has 0 radical (unpaired) electrons. The summed E-state index contributed by atoms with van der Waals surface area (Å²) in [4.78, 5) is 0. The zero-order chi connectivity index (χ0) is 13.2. The van der Waals surface area contributed by atoms with Crippen molar-refractivity contribution in [3.05, 3.63) is 28.2 Å². The maximum absolute atomic E-state index is 6.03. The summed E-state index contributed by atoms with van der Waals surface area (Å²) in [5.41, 5.74) is 0.894. The number of methoxy groups -OCH3 is 1. The van der Waals surface area contributed by atoms with Crippen LogP contribution in [0.1, 0.15) is 17.8 Å². The van der Waals surface area contributed by atoms with Crippen molar-refractivity contribution in [2.45, 2.75) is 25.4 Å². The van der Waals surface area contributed by atoms with Crippen LogP contribution in [0.3, 0.4) is 0 Å². The fourth-order valence-corrected chi connectivity index (χ4v) is 2.78. The number of halogens is 1. The summed E-state index contributed by atoms with van der Waals surface area (Å²) < 4.78 is 5.34. The highest BCUT2D eigenvalue weighted by molar-refractivity contribution is 7.14. The third-order valence-corrected chi connectivity index (χ3v) is 4.17. The number of hydrogen-bond donors (Lipinski definition) is 1. The molecule has 1 N–H and O–H groups in total. The van der Waals surface area contributed by atoms with Crippen LogP contribution >= 0.6 is 22.9 Å². The normalized spacial score (nSPS) is 14.6. The van der Waals surface area contributed by atoms with Gasteiger partial charge in [0.1, 0.15) is 10.8 Å². The summed E-state index contributed by atoms with van der Waals surface area (Å²) in [6.45, 7) is 0.783. The van der Waals surface area contributed by atoms with Gasteiger partial charge >= 0.3 is 0 Å². The molecule has 3 rings (SSSR count). The van der Waals surface area contributed by atoms with E-state index in [0.29, 0.717) is 11.1 Å². The van der Waals surface area contributed by atoms with Crippen molar-refractivity contribution in [2.24, 2.45) is 0 Å². The molecule has 19 heavy (non-hydrogen) atoms. The maximum atomic E-state index is 6.03. The lowest BCUT2D eigenvalue weighted by molar-refractivity contribution is 0.416. The van der Waals surface area contributed by atoms with E-state index in [4.69, 9.17) is 16.3 Å². The molecule has 0 amide bonds. The van der Waals surface area contributed by atoms with Crippen LogP contribution in [-0.2, 0) is 6.54 Å². The van der Waals surface area contributed by atoms with Gasteiger partial charge in [0.25, 0.3) is 0 Å². The Morgan fingerprint density at radius 1 is 1.42 bits per heavy atom. The second-order valence-electron chi connectivity index (χ2n) is 4.50. The van der Waals surface area contributed by atoms with Gasteiger partial charge in [0.15, 0.2) is 5.01 Å². The average molecular weight is 296 g/mol. The van der Waals surface area contributed by atoms with Gasteiger partial charge in [0.05, 0.1) is 12.7 Å². The van der Waals surface area contributed by atoms with Crippen molar-refractivity contribution in [2.75, 3.05) is 7.11 Å². The summed E-state index contributed by atoms with van der Waals surface area (Å²) in [5, 5.41) is 14.4. The Kier molecular flexibility index (Phi) is 3.68. The Labute approximate surface area is 120 Å². The Hall–Kier alpha value is -1.17. The SMILES string of the molecule is COc1ccc(Cl)cc1-c1nnc(CNC2CC2)s1. The zero-order valence-corrected chi connectivity index (χ0v) is 12.1. The minimum atomic E-state index is 0.670. The molecule has 0 saturated heterocycles. The molecule has 1 fully saturated rings. The number of nitrogens with zero attached hydrogens (tertiary/aromatic N) is 2. The quantitative estimate of drug-likeness (QED) is 0.921. The van der Waals surface area contributed by atoms with Gasteiger partial charge in [0.2, 0.25) is 0 Å². The summed E-state index contributed by atoms with van der Waals surface area (Å²) in [6, 6.07) is 6.19. The highest BCUT2D eigenvalue weighted by Gasteiger charge is 2.21. The van der Waals surface area contributed by atoms with Gasteiger partial charge in [0, 0.05) is 17.6 Å². The smallest absolute Gasteiger partial charge is 0.151 e. The van der Waals surface area contributed by atoms with E-state index in [9.17, 15) is 0 Å². The molecule has 0 atom stereocenters. The molecule has 1 saturated carbocycles. The molecule has 1 aliphatic rings. The molecule has 0 aliphatic heterocycles. The van der Waals surface area contributed by atoms with E-state index in [-0.39, 0.29) is 0 Å². The molecule has 1 aromatic carbocycles. The number of rotatable bonds is 5. The van der Waals surface area contributed by atoms with Crippen LogP contribution in [0.5, 0.6) is 5.75 Å². The van der Waals surface area contributed by atoms with Crippen LogP contribution in [0.2, 0.25) is 5.02 Å². The monoisotopic (exact) mass is 295 g/mol. The molecule has 0 bridgehead atoms. The summed E-state index contributed by atoms with van der Waals surface area (Å²) in [6.07, 6.45) is 2.54. The summed E-state index contributed by atoms with van der Waals surface area (Å²) >= 11 is 7.60. The lowest BCUT2D eigenvalue weighted by Crippen LogP contribution is -2.14. The average Bonchev–Trinajstić information content (AvgIpc) is 3.13. The van der Waals surface area contributed by atoms with E-state index >= 15 is 0 Å². The highest BCUT2D eigenvalue weighted by Crippen LogP contribution is 2.34. The fourth-order valence-electron chi connectivity index (χ4n) is 1.80. The van der Waals surface area contributed by atoms with Crippen LogP contribution in [0, 0.1) is 0 Å². The van der Waals surface area contributed by atoms with Crippen LogP contribution in [0.4, 0.5) is 0 Å². The Morgan fingerprint density at radius 2 is 2.26 bits per heavy atom. The highest BCUT2D eigenvalue weighted by atomic mass is 35.5. The van der Waals surface area contributed by atoms with Crippen LogP contribution in [0.25, 0.3) is 10.6 Å². The van der Waals surface area contributed by atoms with E-state index in [1.807, 2.05) is 12.1 Å². The predicted molar refractivity (Wildman–Crippen MR) is 76.8 cm³/mol. The molecule has 100 valence electrons. The Bertz CT molecular complexity index is 583. The molecule has 0 unspecified atom stereocenters.